The number of benzene rings is 3. The second-order valence-electron chi connectivity index (χ2n) is 8.07. The number of rotatable bonds is 10. The molecule has 0 bridgehead atoms. The Morgan fingerprint density at radius 1 is 0.824 bits per heavy atom. The van der Waals surface area contributed by atoms with Crippen LogP contribution in [0.4, 0.5) is 16.2 Å². The highest BCUT2D eigenvalue weighted by Gasteiger charge is 2.44. The van der Waals surface area contributed by atoms with Crippen LogP contribution in [0, 0.1) is 0 Å². The molecule has 0 heterocycles. The number of carbonyl (C=O) groups excluding carboxylic acids is 1. The van der Waals surface area contributed by atoms with Gasteiger partial charge in [0.1, 0.15) is 0 Å². The van der Waals surface area contributed by atoms with Crippen molar-refractivity contribution in [1.82, 2.24) is 0 Å². The van der Waals surface area contributed by atoms with Crippen LogP contribution in [0.5, 0.6) is 0 Å². The standard InChI is InChI=1S/C27H33N2O4P/c1-5-32-34(31,33-6-2)26(23-19-17-22(18-20-23)21(3)4)29(25-15-11-8-12-16-25)27(30)28-24-13-9-7-10-14-24/h7-21,26H,5-6H2,1-4H3,(H,28,30). The molecule has 3 aromatic carbocycles. The van der Waals surface area contributed by atoms with Gasteiger partial charge in [0.25, 0.3) is 0 Å². The molecule has 7 heteroatoms. The van der Waals surface area contributed by atoms with Crippen molar-refractivity contribution in [3.05, 3.63) is 96.1 Å². The predicted octanol–water partition coefficient (Wildman–Crippen LogP) is 7.81. The quantitative estimate of drug-likeness (QED) is 0.301. The summed E-state index contributed by atoms with van der Waals surface area (Å²) in [6.45, 7) is 8.12. The lowest BCUT2D eigenvalue weighted by molar-refractivity contribution is 0.209. The molecule has 6 nitrogen and oxygen atoms in total. The van der Waals surface area contributed by atoms with E-state index in [0.29, 0.717) is 22.9 Å². The Bertz CT molecular complexity index is 1080. The van der Waals surface area contributed by atoms with Crippen LogP contribution in [0.2, 0.25) is 0 Å². The monoisotopic (exact) mass is 480 g/mol. The summed E-state index contributed by atoms with van der Waals surface area (Å²) in [7, 11) is -3.81. The average molecular weight is 481 g/mol. The molecule has 1 N–H and O–H groups in total. The molecule has 0 fully saturated rings. The zero-order valence-corrected chi connectivity index (χ0v) is 21.1. The van der Waals surface area contributed by atoms with Crippen LogP contribution in [-0.4, -0.2) is 19.2 Å². The van der Waals surface area contributed by atoms with Crippen molar-refractivity contribution in [1.29, 1.82) is 0 Å². The maximum absolute atomic E-state index is 14.2. The largest absolute Gasteiger partial charge is 0.357 e. The van der Waals surface area contributed by atoms with Gasteiger partial charge in [0.05, 0.1) is 13.2 Å². The van der Waals surface area contributed by atoms with Crippen LogP contribution >= 0.6 is 7.60 Å². The molecule has 0 aliphatic rings. The summed E-state index contributed by atoms with van der Waals surface area (Å²) in [5.74, 6) is -0.649. The molecule has 3 rings (SSSR count). The maximum Gasteiger partial charge on any atom is 0.357 e. The van der Waals surface area contributed by atoms with Crippen LogP contribution in [0.15, 0.2) is 84.9 Å². The van der Waals surface area contributed by atoms with Crippen LogP contribution in [-0.2, 0) is 13.6 Å². The Kier molecular flexibility index (Phi) is 9.05. The van der Waals surface area contributed by atoms with E-state index in [2.05, 4.69) is 19.2 Å². The third-order valence-corrected chi connectivity index (χ3v) is 7.71. The molecule has 180 valence electrons. The van der Waals surface area contributed by atoms with E-state index in [4.69, 9.17) is 9.05 Å². The minimum absolute atomic E-state index is 0.181. The summed E-state index contributed by atoms with van der Waals surface area (Å²) in [6, 6.07) is 25.7. The molecule has 3 aromatic rings. The van der Waals surface area contributed by atoms with Gasteiger partial charge >= 0.3 is 13.6 Å². The highest BCUT2D eigenvalue weighted by Crippen LogP contribution is 2.63. The topological polar surface area (TPSA) is 67.9 Å². The number of amides is 2. The van der Waals surface area contributed by atoms with Crippen molar-refractivity contribution in [2.45, 2.75) is 39.4 Å². The minimum atomic E-state index is -3.81. The van der Waals surface area contributed by atoms with E-state index in [1.807, 2.05) is 72.8 Å². The van der Waals surface area contributed by atoms with E-state index < -0.39 is 19.4 Å². The van der Waals surface area contributed by atoms with Gasteiger partial charge < -0.3 is 14.4 Å². The van der Waals surface area contributed by atoms with E-state index in [1.54, 1.807) is 26.0 Å². The van der Waals surface area contributed by atoms with Gasteiger partial charge in [-0.1, -0.05) is 74.5 Å². The lowest BCUT2D eigenvalue weighted by Crippen LogP contribution is -2.39. The highest BCUT2D eigenvalue weighted by atomic mass is 31.2. The first-order valence-corrected chi connectivity index (χ1v) is 13.2. The third-order valence-electron chi connectivity index (χ3n) is 5.34. The molecule has 2 amide bonds. The molecule has 0 saturated heterocycles. The lowest BCUT2D eigenvalue weighted by atomic mass is 10.0. The van der Waals surface area contributed by atoms with Crippen LogP contribution < -0.4 is 10.2 Å². The molecule has 0 aromatic heterocycles. The summed E-state index contributed by atoms with van der Waals surface area (Å²) < 4.78 is 25.8. The fraction of sp³-hybridized carbons (Fsp3) is 0.296. The van der Waals surface area contributed by atoms with E-state index in [0.717, 1.165) is 5.56 Å². The van der Waals surface area contributed by atoms with Crippen LogP contribution in [0.25, 0.3) is 0 Å². The number of anilines is 2. The fourth-order valence-corrected chi connectivity index (χ4v) is 5.86. The van der Waals surface area contributed by atoms with Crippen molar-refractivity contribution < 1.29 is 18.4 Å². The zero-order valence-electron chi connectivity index (χ0n) is 20.2. The number of urea groups is 1. The molecule has 1 unspecified atom stereocenters. The molecule has 1 atom stereocenters. The minimum Gasteiger partial charge on any atom is -0.308 e. The summed E-state index contributed by atoms with van der Waals surface area (Å²) in [6.07, 6.45) is 0. The van der Waals surface area contributed by atoms with Gasteiger partial charge in [-0.25, -0.2) is 4.79 Å². The number of para-hydroxylation sites is 2. The Morgan fingerprint density at radius 2 is 1.32 bits per heavy atom. The fourth-order valence-electron chi connectivity index (χ4n) is 3.73. The Labute approximate surface area is 202 Å². The normalized spacial score (nSPS) is 12.4. The van der Waals surface area contributed by atoms with Crippen LogP contribution in [0.3, 0.4) is 0 Å². The van der Waals surface area contributed by atoms with E-state index in [1.165, 1.54) is 4.90 Å². The first-order valence-electron chi connectivity index (χ1n) is 11.6. The maximum atomic E-state index is 14.2. The molecular weight excluding hydrogens is 447 g/mol. The van der Waals surface area contributed by atoms with Gasteiger partial charge in [0.15, 0.2) is 5.78 Å². The summed E-state index contributed by atoms with van der Waals surface area (Å²) in [5, 5.41) is 2.93. The van der Waals surface area contributed by atoms with Gasteiger partial charge in [0, 0.05) is 11.4 Å². The SMILES string of the molecule is CCOP(=O)(OCC)C(c1ccc(C(C)C)cc1)N(C(=O)Nc1ccccc1)c1ccccc1. The molecule has 0 radical (unpaired) electrons. The smallest absolute Gasteiger partial charge is 0.308 e. The second-order valence-corrected chi connectivity index (χ2v) is 10.2. The molecule has 0 aliphatic carbocycles. The molecule has 0 saturated carbocycles. The van der Waals surface area contributed by atoms with Crippen molar-refractivity contribution >= 4 is 25.0 Å². The number of carbonyl (C=O) groups is 1. The van der Waals surface area contributed by atoms with Gasteiger partial charge in [0.2, 0.25) is 0 Å². The first kappa shape index (κ1) is 25.7. The van der Waals surface area contributed by atoms with Crippen molar-refractivity contribution in [3.8, 4) is 0 Å². The first-order chi connectivity index (χ1) is 16.4. The summed E-state index contributed by atoms with van der Waals surface area (Å²) in [5.41, 5.74) is 3.02. The molecule has 0 spiro atoms. The molecule has 34 heavy (non-hydrogen) atoms. The van der Waals surface area contributed by atoms with Gasteiger partial charge in [-0.3, -0.25) is 9.46 Å². The van der Waals surface area contributed by atoms with Gasteiger partial charge in [-0.2, -0.15) is 0 Å². The van der Waals surface area contributed by atoms with Gasteiger partial charge in [-0.15, -0.1) is 0 Å². The highest BCUT2D eigenvalue weighted by molar-refractivity contribution is 7.54. The Morgan fingerprint density at radius 3 is 1.82 bits per heavy atom. The number of nitrogens with zero attached hydrogens (tertiary/aromatic N) is 1. The third kappa shape index (κ3) is 6.15. The van der Waals surface area contributed by atoms with E-state index in [9.17, 15) is 9.36 Å². The van der Waals surface area contributed by atoms with Gasteiger partial charge in [-0.05, 0) is 55.2 Å². The van der Waals surface area contributed by atoms with Crippen molar-refractivity contribution in [2.24, 2.45) is 0 Å². The number of hydrogen-bond acceptors (Lipinski definition) is 4. The number of nitrogens with one attached hydrogen (secondary N) is 1. The summed E-state index contributed by atoms with van der Waals surface area (Å²) >= 11 is 0. The van der Waals surface area contributed by atoms with Crippen LogP contribution in [0.1, 0.15) is 50.5 Å². The Balaban J connectivity index is 2.17. The number of hydrogen-bond donors (Lipinski definition) is 1. The van der Waals surface area contributed by atoms with E-state index >= 15 is 0 Å². The summed E-state index contributed by atoms with van der Waals surface area (Å²) in [4.78, 5) is 15.2. The Hall–Kier alpha value is -2.92. The lowest BCUT2D eigenvalue weighted by Gasteiger charge is -2.36. The van der Waals surface area contributed by atoms with Crippen molar-refractivity contribution in [2.75, 3.05) is 23.4 Å². The van der Waals surface area contributed by atoms with Crippen molar-refractivity contribution in [3.63, 3.8) is 0 Å². The molecular formula is C27H33N2O4P. The molecule has 0 aliphatic heterocycles. The second kappa shape index (κ2) is 12.0. The van der Waals surface area contributed by atoms with E-state index in [-0.39, 0.29) is 13.2 Å². The average Bonchev–Trinajstić information content (AvgIpc) is 2.84. The zero-order chi connectivity index (χ0) is 24.6. The predicted molar refractivity (Wildman–Crippen MR) is 139 cm³/mol.